The van der Waals surface area contributed by atoms with Crippen molar-refractivity contribution >= 4 is 39.2 Å². The molecule has 0 unspecified atom stereocenters. The third-order valence-corrected chi connectivity index (χ3v) is 5.11. The predicted molar refractivity (Wildman–Crippen MR) is 88.6 cm³/mol. The molecule has 1 atom stereocenters. The summed E-state index contributed by atoms with van der Waals surface area (Å²) in [6.45, 7) is 0.0137. The van der Waals surface area contributed by atoms with Crippen molar-refractivity contribution in [2.45, 2.75) is 30.0 Å². The second-order valence-corrected chi connectivity index (χ2v) is 7.56. The topological polar surface area (TPSA) is 122 Å². The fraction of sp³-hybridized carbons (Fsp3) is 0.429. The maximum Gasteiger partial charge on any atom is 0.426 e. The maximum atomic E-state index is 12.6. The van der Waals surface area contributed by atoms with Crippen molar-refractivity contribution in [3.8, 4) is 0 Å². The summed E-state index contributed by atoms with van der Waals surface area (Å²) in [4.78, 5) is 22.3. The number of anilines is 1. The number of hydrogen-bond donors (Lipinski definition) is 3. The van der Waals surface area contributed by atoms with Gasteiger partial charge in [-0.1, -0.05) is 11.6 Å². The van der Waals surface area contributed by atoms with Gasteiger partial charge < -0.3 is 15.2 Å². The number of methoxy groups -OCH3 is 1. The SMILES string of the molecule is COC(=O)CCNS(=O)(=O)c1ccc(NC(=O)[C@@](C)(O)C(F)(F)F)c(Cl)c1. The molecule has 1 aromatic carbocycles. The Morgan fingerprint density at radius 1 is 1.30 bits per heavy atom. The largest absolute Gasteiger partial charge is 0.469 e. The van der Waals surface area contributed by atoms with E-state index in [-0.39, 0.29) is 35.5 Å². The van der Waals surface area contributed by atoms with E-state index in [1.807, 2.05) is 0 Å². The van der Waals surface area contributed by atoms with Gasteiger partial charge in [-0.15, -0.1) is 0 Å². The Labute approximate surface area is 157 Å². The summed E-state index contributed by atoms with van der Waals surface area (Å²) in [7, 11) is -2.93. The summed E-state index contributed by atoms with van der Waals surface area (Å²) in [5.41, 5.74) is -4.00. The molecular formula is C14H16ClF3N2O6S. The quantitative estimate of drug-likeness (QED) is 0.560. The van der Waals surface area contributed by atoms with Gasteiger partial charge in [0.05, 0.1) is 29.1 Å². The molecule has 1 amide bonds. The predicted octanol–water partition coefficient (Wildman–Crippen LogP) is 1.43. The summed E-state index contributed by atoms with van der Waals surface area (Å²) >= 11 is 5.81. The van der Waals surface area contributed by atoms with Gasteiger partial charge in [-0.3, -0.25) is 9.59 Å². The summed E-state index contributed by atoms with van der Waals surface area (Å²) < 4.78 is 68.6. The fourth-order valence-electron chi connectivity index (χ4n) is 1.61. The minimum absolute atomic E-state index is 0.218. The number of amides is 1. The molecule has 1 rings (SSSR count). The number of benzene rings is 1. The highest BCUT2D eigenvalue weighted by Gasteiger charge is 2.55. The first-order chi connectivity index (χ1) is 12.2. The van der Waals surface area contributed by atoms with Crippen molar-refractivity contribution in [1.82, 2.24) is 4.72 Å². The van der Waals surface area contributed by atoms with Gasteiger partial charge in [0.15, 0.2) is 0 Å². The molecule has 0 heterocycles. The van der Waals surface area contributed by atoms with Gasteiger partial charge in [0.25, 0.3) is 5.91 Å². The summed E-state index contributed by atoms with van der Waals surface area (Å²) in [5, 5.41) is 10.7. The van der Waals surface area contributed by atoms with Gasteiger partial charge in [0.1, 0.15) is 0 Å². The number of alkyl halides is 3. The van der Waals surface area contributed by atoms with Gasteiger partial charge in [-0.2, -0.15) is 13.2 Å². The summed E-state index contributed by atoms with van der Waals surface area (Å²) in [5.74, 6) is -2.42. The molecule has 0 fully saturated rings. The van der Waals surface area contributed by atoms with Crippen LogP contribution < -0.4 is 10.0 Å². The molecule has 0 aliphatic heterocycles. The molecule has 0 spiro atoms. The average Bonchev–Trinajstić information content (AvgIpc) is 2.54. The number of esters is 1. The monoisotopic (exact) mass is 432 g/mol. The highest BCUT2D eigenvalue weighted by Crippen LogP contribution is 2.32. The number of sulfonamides is 1. The molecule has 3 N–H and O–H groups in total. The highest BCUT2D eigenvalue weighted by molar-refractivity contribution is 7.89. The van der Waals surface area contributed by atoms with Crippen molar-refractivity contribution in [2.24, 2.45) is 0 Å². The molecular weight excluding hydrogens is 417 g/mol. The van der Waals surface area contributed by atoms with Crippen LogP contribution in [0.2, 0.25) is 5.02 Å². The Hall–Kier alpha value is -1.89. The van der Waals surface area contributed by atoms with E-state index in [1.165, 1.54) is 0 Å². The van der Waals surface area contributed by atoms with Crippen molar-refractivity contribution in [3.05, 3.63) is 23.2 Å². The first-order valence-electron chi connectivity index (χ1n) is 7.19. The van der Waals surface area contributed by atoms with E-state index in [0.717, 1.165) is 25.3 Å². The van der Waals surface area contributed by atoms with Crippen LogP contribution in [0.15, 0.2) is 23.1 Å². The number of carbonyl (C=O) groups is 2. The minimum Gasteiger partial charge on any atom is -0.469 e. The van der Waals surface area contributed by atoms with Crippen molar-refractivity contribution in [3.63, 3.8) is 0 Å². The molecule has 1 aromatic rings. The van der Waals surface area contributed by atoms with Crippen LogP contribution in [0.4, 0.5) is 18.9 Å². The van der Waals surface area contributed by atoms with Crippen LogP contribution in [0.5, 0.6) is 0 Å². The number of rotatable bonds is 7. The second-order valence-electron chi connectivity index (χ2n) is 5.39. The molecule has 0 aliphatic carbocycles. The van der Waals surface area contributed by atoms with Crippen molar-refractivity contribution in [2.75, 3.05) is 19.0 Å². The van der Waals surface area contributed by atoms with Gasteiger partial charge in [0, 0.05) is 6.54 Å². The first kappa shape index (κ1) is 23.1. The smallest absolute Gasteiger partial charge is 0.426 e. The number of nitrogens with one attached hydrogen (secondary N) is 2. The molecule has 0 aliphatic rings. The van der Waals surface area contributed by atoms with Crippen LogP contribution in [-0.4, -0.2) is 50.8 Å². The number of ether oxygens (including phenoxy) is 1. The Morgan fingerprint density at radius 3 is 2.37 bits per heavy atom. The molecule has 0 aromatic heterocycles. The lowest BCUT2D eigenvalue weighted by atomic mass is 10.1. The zero-order valence-electron chi connectivity index (χ0n) is 14.1. The van der Waals surface area contributed by atoms with Crippen molar-refractivity contribution in [1.29, 1.82) is 0 Å². The van der Waals surface area contributed by atoms with Gasteiger partial charge in [-0.05, 0) is 25.1 Å². The zero-order chi connectivity index (χ0) is 21.0. The van der Waals surface area contributed by atoms with E-state index >= 15 is 0 Å². The molecule has 8 nitrogen and oxygen atoms in total. The number of carbonyl (C=O) groups excluding carboxylic acids is 2. The van der Waals surface area contributed by atoms with Crippen LogP contribution in [0.1, 0.15) is 13.3 Å². The minimum atomic E-state index is -5.23. The van der Waals surface area contributed by atoms with E-state index in [1.54, 1.807) is 5.32 Å². The fourth-order valence-corrected chi connectivity index (χ4v) is 2.96. The van der Waals surface area contributed by atoms with Crippen molar-refractivity contribution < 1.29 is 41.0 Å². The van der Waals surface area contributed by atoms with E-state index in [0.29, 0.717) is 0 Å². The Balaban J connectivity index is 2.94. The second kappa shape index (κ2) is 8.42. The Morgan fingerprint density at radius 2 is 1.89 bits per heavy atom. The molecule has 0 radical (unpaired) electrons. The Kier molecular flexibility index (Phi) is 7.22. The number of hydrogen-bond acceptors (Lipinski definition) is 6. The zero-order valence-corrected chi connectivity index (χ0v) is 15.6. The lowest BCUT2D eigenvalue weighted by molar-refractivity contribution is -0.242. The van der Waals surface area contributed by atoms with Gasteiger partial charge >= 0.3 is 12.1 Å². The van der Waals surface area contributed by atoms with Crippen LogP contribution in [0, 0.1) is 0 Å². The van der Waals surface area contributed by atoms with Gasteiger partial charge in [-0.25, -0.2) is 13.1 Å². The standard InChI is InChI=1S/C14H16ClF3N2O6S/c1-13(23,14(16,17)18)12(22)20-10-4-3-8(7-9(10)15)27(24,25)19-6-5-11(21)26-2/h3-4,7,19,23H,5-6H2,1-2H3,(H,20,22)/t13-/m1/s1. The Bertz CT molecular complexity index is 827. The van der Waals surface area contributed by atoms with E-state index in [4.69, 9.17) is 11.6 Å². The van der Waals surface area contributed by atoms with Crippen LogP contribution in [-0.2, 0) is 24.3 Å². The molecule has 152 valence electrons. The molecule has 0 saturated heterocycles. The molecule has 27 heavy (non-hydrogen) atoms. The maximum absolute atomic E-state index is 12.6. The average molecular weight is 433 g/mol. The first-order valence-corrected chi connectivity index (χ1v) is 9.05. The summed E-state index contributed by atoms with van der Waals surface area (Å²) in [6.07, 6.45) is -5.44. The van der Waals surface area contributed by atoms with E-state index < -0.39 is 33.7 Å². The third-order valence-electron chi connectivity index (χ3n) is 3.34. The van der Waals surface area contributed by atoms with E-state index in [9.17, 15) is 36.3 Å². The number of halogens is 4. The third kappa shape index (κ3) is 5.79. The lowest BCUT2D eigenvalue weighted by Crippen LogP contribution is -2.52. The molecule has 0 bridgehead atoms. The molecule has 13 heteroatoms. The normalized spacial score (nSPS) is 14.3. The summed E-state index contributed by atoms with van der Waals surface area (Å²) in [6, 6.07) is 2.83. The number of aliphatic hydroxyl groups is 1. The van der Waals surface area contributed by atoms with E-state index in [2.05, 4.69) is 9.46 Å². The van der Waals surface area contributed by atoms with Crippen LogP contribution >= 0.6 is 11.6 Å². The lowest BCUT2D eigenvalue weighted by Gasteiger charge is -2.25. The van der Waals surface area contributed by atoms with Crippen LogP contribution in [0.25, 0.3) is 0 Å². The van der Waals surface area contributed by atoms with Gasteiger partial charge in [0.2, 0.25) is 15.6 Å². The molecule has 0 saturated carbocycles. The highest BCUT2D eigenvalue weighted by atomic mass is 35.5. The van der Waals surface area contributed by atoms with Crippen LogP contribution in [0.3, 0.4) is 0 Å².